The van der Waals surface area contributed by atoms with E-state index in [1.165, 1.54) is 12.1 Å². The van der Waals surface area contributed by atoms with Crippen LogP contribution in [0, 0.1) is 6.20 Å². The van der Waals surface area contributed by atoms with Crippen molar-refractivity contribution in [3.8, 4) is 0 Å². The Labute approximate surface area is 68.2 Å². The number of hydrogen-bond acceptors (Lipinski definition) is 1. The van der Waals surface area contributed by atoms with Crippen LogP contribution in [0.2, 0.25) is 0 Å². The standard InChI is InChI=1S/C8H7F3N/c1-2-6-4-3-5-12-7(6)8(9,10)11/h3-4H,2H2,1H3. The fraction of sp³-hybridized carbons (Fsp3) is 0.375. The monoisotopic (exact) mass is 174 g/mol. The number of aryl methyl sites for hydroxylation is 1. The van der Waals surface area contributed by atoms with Crippen molar-refractivity contribution in [1.82, 2.24) is 4.98 Å². The van der Waals surface area contributed by atoms with E-state index in [9.17, 15) is 13.2 Å². The fourth-order valence-corrected chi connectivity index (χ4v) is 0.921. The van der Waals surface area contributed by atoms with Crippen LogP contribution in [0.5, 0.6) is 0 Å². The smallest absolute Gasteiger partial charge is 0.241 e. The predicted octanol–water partition coefficient (Wildman–Crippen LogP) is 2.46. The molecule has 0 unspecified atom stereocenters. The van der Waals surface area contributed by atoms with Crippen molar-refractivity contribution in [2.75, 3.05) is 0 Å². The van der Waals surface area contributed by atoms with Crippen LogP contribution in [0.15, 0.2) is 12.1 Å². The quantitative estimate of drug-likeness (QED) is 0.637. The molecule has 0 aromatic carbocycles. The Balaban J connectivity index is 3.14. The molecule has 4 heteroatoms. The predicted molar refractivity (Wildman–Crippen MR) is 37.5 cm³/mol. The first kappa shape index (κ1) is 9.03. The van der Waals surface area contributed by atoms with E-state index in [-0.39, 0.29) is 5.56 Å². The summed E-state index contributed by atoms with van der Waals surface area (Å²) in [6.07, 6.45) is -1.86. The second-order valence-electron chi connectivity index (χ2n) is 2.30. The maximum Gasteiger partial charge on any atom is 0.433 e. The Kier molecular flexibility index (Phi) is 2.35. The van der Waals surface area contributed by atoms with Gasteiger partial charge in [0.25, 0.3) is 0 Å². The summed E-state index contributed by atoms with van der Waals surface area (Å²) in [4.78, 5) is 3.17. The zero-order chi connectivity index (χ0) is 9.19. The van der Waals surface area contributed by atoms with Crippen molar-refractivity contribution in [2.24, 2.45) is 0 Å². The molecule has 0 aliphatic carbocycles. The summed E-state index contributed by atoms with van der Waals surface area (Å²) < 4.78 is 36.5. The van der Waals surface area contributed by atoms with E-state index in [0.29, 0.717) is 6.42 Å². The Morgan fingerprint density at radius 2 is 2.17 bits per heavy atom. The van der Waals surface area contributed by atoms with Crippen LogP contribution in [0.25, 0.3) is 0 Å². The van der Waals surface area contributed by atoms with Gasteiger partial charge in [-0.05, 0) is 18.1 Å². The maximum atomic E-state index is 12.2. The van der Waals surface area contributed by atoms with Gasteiger partial charge in [-0.1, -0.05) is 13.0 Å². The molecule has 0 saturated carbocycles. The molecule has 0 amide bonds. The summed E-state index contributed by atoms with van der Waals surface area (Å²) in [5, 5.41) is 0. The van der Waals surface area contributed by atoms with Gasteiger partial charge < -0.3 is 0 Å². The molecule has 1 heterocycles. The lowest BCUT2D eigenvalue weighted by Gasteiger charge is -2.08. The zero-order valence-electron chi connectivity index (χ0n) is 6.44. The molecule has 0 fully saturated rings. The average Bonchev–Trinajstić information content (AvgIpc) is 2.03. The van der Waals surface area contributed by atoms with E-state index < -0.39 is 11.9 Å². The number of hydrogen-bond donors (Lipinski definition) is 0. The van der Waals surface area contributed by atoms with Crippen LogP contribution >= 0.6 is 0 Å². The normalized spacial score (nSPS) is 11.7. The maximum absolute atomic E-state index is 12.2. The van der Waals surface area contributed by atoms with Gasteiger partial charge >= 0.3 is 6.18 Å². The summed E-state index contributed by atoms with van der Waals surface area (Å²) in [5.74, 6) is 0. The third kappa shape index (κ3) is 1.75. The van der Waals surface area contributed by atoms with E-state index >= 15 is 0 Å². The number of alkyl halides is 3. The lowest BCUT2D eigenvalue weighted by molar-refractivity contribution is -0.141. The first-order valence-electron chi connectivity index (χ1n) is 3.49. The molecule has 1 aromatic rings. The molecule has 65 valence electrons. The Bertz CT molecular complexity index is 267. The summed E-state index contributed by atoms with van der Waals surface area (Å²) >= 11 is 0. The minimum atomic E-state index is -4.36. The topological polar surface area (TPSA) is 12.9 Å². The van der Waals surface area contributed by atoms with Crippen molar-refractivity contribution < 1.29 is 13.2 Å². The van der Waals surface area contributed by atoms with E-state index in [4.69, 9.17) is 0 Å². The number of pyridine rings is 1. The molecule has 1 aromatic heterocycles. The lowest BCUT2D eigenvalue weighted by Crippen LogP contribution is -2.11. The number of halogens is 3. The van der Waals surface area contributed by atoms with Gasteiger partial charge in [-0.25, -0.2) is 4.98 Å². The molecule has 0 N–H and O–H groups in total. The van der Waals surface area contributed by atoms with Gasteiger partial charge in [0, 0.05) is 0 Å². The van der Waals surface area contributed by atoms with Crippen molar-refractivity contribution in [1.29, 1.82) is 0 Å². The Hall–Kier alpha value is -1.06. The van der Waals surface area contributed by atoms with E-state index in [0.717, 1.165) is 0 Å². The van der Waals surface area contributed by atoms with Crippen LogP contribution in [0.4, 0.5) is 13.2 Å². The van der Waals surface area contributed by atoms with E-state index in [1.54, 1.807) is 6.92 Å². The summed E-state index contributed by atoms with van der Waals surface area (Å²) in [5.41, 5.74) is -0.617. The summed E-state index contributed by atoms with van der Waals surface area (Å²) in [6.45, 7) is 1.66. The minimum absolute atomic E-state index is 0.209. The molecule has 1 nitrogen and oxygen atoms in total. The average molecular weight is 174 g/mol. The highest BCUT2D eigenvalue weighted by molar-refractivity contribution is 5.21. The molecule has 0 saturated heterocycles. The largest absolute Gasteiger partial charge is 0.433 e. The lowest BCUT2D eigenvalue weighted by atomic mass is 10.1. The molecule has 1 radical (unpaired) electrons. The van der Waals surface area contributed by atoms with Crippen LogP contribution in [-0.2, 0) is 12.6 Å². The van der Waals surface area contributed by atoms with Gasteiger partial charge in [0.15, 0.2) is 0 Å². The Morgan fingerprint density at radius 3 is 2.58 bits per heavy atom. The molecule has 0 atom stereocenters. The second-order valence-corrected chi connectivity index (χ2v) is 2.30. The molecule has 1 rings (SSSR count). The summed E-state index contributed by atoms with van der Waals surface area (Å²) in [7, 11) is 0. The highest BCUT2D eigenvalue weighted by Gasteiger charge is 2.34. The van der Waals surface area contributed by atoms with Gasteiger partial charge in [0.1, 0.15) is 5.69 Å². The molecule has 0 aliphatic heterocycles. The van der Waals surface area contributed by atoms with Crippen molar-refractivity contribution in [3.63, 3.8) is 0 Å². The zero-order valence-corrected chi connectivity index (χ0v) is 6.44. The molecule has 0 aliphatic rings. The van der Waals surface area contributed by atoms with Crippen molar-refractivity contribution in [2.45, 2.75) is 19.5 Å². The molecule has 0 spiro atoms. The van der Waals surface area contributed by atoms with Crippen LogP contribution in [0.3, 0.4) is 0 Å². The number of aromatic nitrogens is 1. The van der Waals surface area contributed by atoms with Gasteiger partial charge in [-0.2, -0.15) is 13.2 Å². The Morgan fingerprint density at radius 1 is 1.50 bits per heavy atom. The van der Waals surface area contributed by atoms with E-state index in [2.05, 4.69) is 11.2 Å². The third-order valence-electron chi connectivity index (χ3n) is 1.49. The number of rotatable bonds is 1. The van der Waals surface area contributed by atoms with Gasteiger partial charge in [0.2, 0.25) is 0 Å². The third-order valence-corrected chi connectivity index (χ3v) is 1.49. The van der Waals surface area contributed by atoms with Crippen LogP contribution < -0.4 is 0 Å². The van der Waals surface area contributed by atoms with Crippen molar-refractivity contribution in [3.05, 3.63) is 29.6 Å². The molecule has 0 bridgehead atoms. The van der Waals surface area contributed by atoms with Gasteiger partial charge in [0.05, 0.1) is 6.20 Å². The first-order chi connectivity index (χ1) is 5.55. The van der Waals surface area contributed by atoms with Crippen molar-refractivity contribution >= 4 is 0 Å². The van der Waals surface area contributed by atoms with E-state index in [1.807, 2.05) is 0 Å². The highest BCUT2D eigenvalue weighted by Crippen LogP contribution is 2.29. The summed E-state index contributed by atoms with van der Waals surface area (Å²) in [6, 6.07) is 2.77. The SMILES string of the molecule is CCc1cc[c]nc1C(F)(F)F. The van der Waals surface area contributed by atoms with Crippen LogP contribution in [0.1, 0.15) is 18.2 Å². The minimum Gasteiger partial charge on any atom is -0.241 e. The molecule has 12 heavy (non-hydrogen) atoms. The highest BCUT2D eigenvalue weighted by atomic mass is 19.4. The fourth-order valence-electron chi connectivity index (χ4n) is 0.921. The van der Waals surface area contributed by atoms with Crippen LogP contribution in [-0.4, -0.2) is 4.98 Å². The first-order valence-corrected chi connectivity index (χ1v) is 3.49. The number of nitrogens with zero attached hydrogens (tertiary/aromatic N) is 1. The second kappa shape index (κ2) is 3.13. The van der Waals surface area contributed by atoms with Gasteiger partial charge in [-0.15, -0.1) is 0 Å². The van der Waals surface area contributed by atoms with Gasteiger partial charge in [-0.3, -0.25) is 0 Å². The molecular weight excluding hydrogens is 167 g/mol. The molecular formula is C8H7F3N.